The lowest BCUT2D eigenvalue weighted by atomic mass is 10.3. The van der Waals surface area contributed by atoms with Gasteiger partial charge in [-0.25, -0.2) is 0 Å². The molecule has 80 valence electrons. The predicted molar refractivity (Wildman–Crippen MR) is 54.6 cm³/mol. The lowest BCUT2D eigenvalue weighted by Gasteiger charge is -2.11. The third-order valence-electron chi connectivity index (χ3n) is 1.66. The van der Waals surface area contributed by atoms with E-state index in [9.17, 15) is 0 Å². The monoisotopic (exact) mass is 189 g/mol. The molecule has 0 fully saturated rings. The summed E-state index contributed by atoms with van der Waals surface area (Å²) in [5, 5.41) is 0. The van der Waals surface area contributed by atoms with Crippen LogP contribution in [0.3, 0.4) is 0 Å². The minimum absolute atomic E-state index is 0.106. The standard InChI is InChI=1S/C10H23NO2/c1-3-7-12-9-5-6-10(11)13-8-4-2/h10H,3-9,11H2,1-2H3. The Bertz CT molecular complexity index is 98.9. The lowest BCUT2D eigenvalue weighted by Crippen LogP contribution is -2.24. The smallest absolute Gasteiger partial charge is 0.105 e. The third kappa shape index (κ3) is 9.80. The van der Waals surface area contributed by atoms with Gasteiger partial charge in [0, 0.05) is 19.8 Å². The lowest BCUT2D eigenvalue weighted by molar-refractivity contribution is 0.0418. The highest BCUT2D eigenvalue weighted by Gasteiger charge is 2.00. The number of rotatable bonds is 9. The summed E-state index contributed by atoms with van der Waals surface area (Å²) in [5.41, 5.74) is 5.70. The molecule has 0 heterocycles. The second kappa shape index (κ2) is 9.96. The van der Waals surface area contributed by atoms with Crippen molar-refractivity contribution in [1.82, 2.24) is 0 Å². The number of nitrogens with two attached hydrogens (primary N) is 1. The van der Waals surface area contributed by atoms with Gasteiger partial charge in [-0.2, -0.15) is 0 Å². The van der Waals surface area contributed by atoms with Crippen molar-refractivity contribution in [2.75, 3.05) is 19.8 Å². The van der Waals surface area contributed by atoms with Crippen molar-refractivity contribution in [2.45, 2.75) is 45.8 Å². The zero-order chi connectivity index (χ0) is 9.94. The summed E-state index contributed by atoms with van der Waals surface area (Å²) >= 11 is 0. The van der Waals surface area contributed by atoms with E-state index in [2.05, 4.69) is 13.8 Å². The van der Waals surface area contributed by atoms with Gasteiger partial charge < -0.3 is 15.2 Å². The quantitative estimate of drug-likeness (QED) is 0.445. The van der Waals surface area contributed by atoms with Gasteiger partial charge in [-0.3, -0.25) is 0 Å². The maximum Gasteiger partial charge on any atom is 0.105 e. The fourth-order valence-corrected chi connectivity index (χ4v) is 0.986. The molecule has 13 heavy (non-hydrogen) atoms. The largest absolute Gasteiger partial charge is 0.381 e. The minimum Gasteiger partial charge on any atom is -0.381 e. The average Bonchev–Trinajstić information content (AvgIpc) is 2.14. The van der Waals surface area contributed by atoms with Gasteiger partial charge in [-0.15, -0.1) is 0 Å². The van der Waals surface area contributed by atoms with Crippen molar-refractivity contribution in [3.8, 4) is 0 Å². The molecule has 0 aliphatic rings. The molecule has 0 rings (SSSR count). The summed E-state index contributed by atoms with van der Waals surface area (Å²) < 4.78 is 10.6. The average molecular weight is 189 g/mol. The van der Waals surface area contributed by atoms with Crippen LogP contribution in [0.25, 0.3) is 0 Å². The Labute approximate surface area is 81.6 Å². The molecular weight excluding hydrogens is 166 g/mol. The van der Waals surface area contributed by atoms with E-state index >= 15 is 0 Å². The van der Waals surface area contributed by atoms with Gasteiger partial charge in [0.25, 0.3) is 0 Å². The second-order valence-corrected chi connectivity index (χ2v) is 3.16. The first-order valence-corrected chi connectivity index (χ1v) is 5.26. The van der Waals surface area contributed by atoms with Crippen molar-refractivity contribution >= 4 is 0 Å². The Morgan fingerprint density at radius 1 is 1.08 bits per heavy atom. The molecule has 2 N–H and O–H groups in total. The van der Waals surface area contributed by atoms with E-state index in [1.165, 1.54) is 0 Å². The van der Waals surface area contributed by atoms with Crippen LogP contribution in [0.15, 0.2) is 0 Å². The molecule has 1 unspecified atom stereocenters. The fourth-order valence-electron chi connectivity index (χ4n) is 0.986. The Kier molecular flexibility index (Phi) is 9.87. The highest BCUT2D eigenvalue weighted by atomic mass is 16.5. The van der Waals surface area contributed by atoms with Crippen LogP contribution in [0.5, 0.6) is 0 Å². The molecule has 0 aromatic rings. The van der Waals surface area contributed by atoms with Crippen LogP contribution in [-0.4, -0.2) is 26.0 Å². The van der Waals surface area contributed by atoms with Crippen LogP contribution in [0.4, 0.5) is 0 Å². The Morgan fingerprint density at radius 3 is 2.38 bits per heavy atom. The molecule has 0 saturated heterocycles. The van der Waals surface area contributed by atoms with Gasteiger partial charge in [0.2, 0.25) is 0 Å². The molecule has 0 radical (unpaired) electrons. The summed E-state index contributed by atoms with van der Waals surface area (Å²) in [7, 11) is 0. The maximum atomic E-state index is 5.70. The molecule has 0 aromatic carbocycles. The SMILES string of the molecule is CCCOCCCC(N)OCCC. The first-order chi connectivity index (χ1) is 6.31. The normalized spacial score (nSPS) is 13.2. The van der Waals surface area contributed by atoms with Crippen LogP contribution in [0, 0.1) is 0 Å². The van der Waals surface area contributed by atoms with E-state index in [1.807, 2.05) is 0 Å². The van der Waals surface area contributed by atoms with E-state index in [4.69, 9.17) is 15.2 Å². The van der Waals surface area contributed by atoms with Gasteiger partial charge in [-0.1, -0.05) is 13.8 Å². The van der Waals surface area contributed by atoms with E-state index in [0.717, 1.165) is 45.5 Å². The highest BCUT2D eigenvalue weighted by Crippen LogP contribution is 1.98. The molecule has 3 nitrogen and oxygen atoms in total. The van der Waals surface area contributed by atoms with Crippen LogP contribution in [0.2, 0.25) is 0 Å². The molecule has 0 bridgehead atoms. The zero-order valence-corrected chi connectivity index (χ0v) is 8.92. The Hall–Kier alpha value is -0.120. The number of hydrogen-bond donors (Lipinski definition) is 1. The summed E-state index contributed by atoms with van der Waals surface area (Å²) in [6.45, 7) is 6.60. The summed E-state index contributed by atoms with van der Waals surface area (Å²) in [5.74, 6) is 0. The van der Waals surface area contributed by atoms with Crippen LogP contribution >= 0.6 is 0 Å². The van der Waals surface area contributed by atoms with E-state index < -0.39 is 0 Å². The van der Waals surface area contributed by atoms with Crippen LogP contribution < -0.4 is 5.73 Å². The molecule has 1 atom stereocenters. The number of ether oxygens (including phenoxy) is 2. The predicted octanol–water partition coefficient (Wildman–Crippen LogP) is 1.90. The van der Waals surface area contributed by atoms with E-state index in [1.54, 1.807) is 0 Å². The highest BCUT2D eigenvalue weighted by molar-refractivity contribution is 4.48. The molecule has 0 aliphatic carbocycles. The molecule has 0 spiro atoms. The third-order valence-corrected chi connectivity index (χ3v) is 1.66. The van der Waals surface area contributed by atoms with Crippen LogP contribution in [-0.2, 0) is 9.47 Å². The summed E-state index contributed by atoms with van der Waals surface area (Å²) in [6, 6.07) is 0. The van der Waals surface area contributed by atoms with E-state index in [-0.39, 0.29) is 6.23 Å². The van der Waals surface area contributed by atoms with Gasteiger partial charge in [0.1, 0.15) is 6.23 Å². The van der Waals surface area contributed by atoms with Gasteiger partial charge in [-0.05, 0) is 25.7 Å². The summed E-state index contributed by atoms with van der Waals surface area (Å²) in [4.78, 5) is 0. The van der Waals surface area contributed by atoms with Crippen LogP contribution in [0.1, 0.15) is 39.5 Å². The van der Waals surface area contributed by atoms with Crippen molar-refractivity contribution in [1.29, 1.82) is 0 Å². The minimum atomic E-state index is -0.106. The molecule has 0 saturated carbocycles. The van der Waals surface area contributed by atoms with E-state index in [0.29, 0.717) is 0 Å². The molecule has 3 heteroatoms. The fraction of sp³-hybridized carbons (Fsp3) is 1.00. The summed E-state index contributed by atoms with van der Waals surface area (Å²) in [6.07, 6.45) is 3.89. The van der Waals surface area contributed by atoms with Crippen molar-refractivity contribution in [3.63, 3.8) is 0 Å². The molecule has 0 aliphatic heterocycles. The van der Waals surface area contributed by atoms with Crippen molar-refractivity contribution in [3.05, 3.63) is 0 Å². The van der Waals surface area contributed by atoms with Crippen molar-refractivity contribution in [2.24, 2.45) is 5.73 Å². The first kappa shape index (κ1) is 12.9. The Morgan fingerprint density at radius 2 is 1.77 bits per heavy atom. The van der Waals surface area contributed by atoms with Gasteiger partial charge in [0.15, 0.2) is 0 Å². The zero-order valence-electron chi connectivity index (χ0n) is 8.92. The van der Waals surface area contributed by atoms with Gasteiger partial charge >= 0.3 is 0 Å². The maximum absolute atomic E-state index is 5.70. The van der Waals surface area contributed by atoms with Crippen molar-refractivity contribution < 1.29 is 9.47 Å². The topological polar surface area (TPSA) is 44.5 Å². The molecular formula is C10H23NO2. The second-order valence-electron chi connectivity index (χ2n) is 3.16. The molecule has 0 amide bonds. The van der Waals surface area contributed by atoms with Gasteiger partial charge in [0.05, 0.1) is 0 Å². The molecule has 0 aromatic heterocycles. The number of hydrogen-bond acceptors (Lipinski definition) is 3. The Balaban J connectivity index is 3.03. The first-order valence-electron chi connectivity index (χ1n) is 5.26.